The SMILES string of the molecule is Cc1cc(O)c(F)c(F)c1OCC1=CCC(C)CC1.[Cm]. The number of allylic oxidation sites excluding steroid dienone is 1. The second kappa shape index (κ2) is 6.04. The van der Waals surface area contributed by atoms with Gasteiger partial charge in [-0.2, -0.15) is 8.78 Å². The molecule has 2 rings (SSSR count). The van der Waals surface area contributed by atoms with Crippen LogP contribution in [-0.2, 0) is 0 Å². The van der Waals surface area contributed by atoms with Crippen LogP contribution in [0.25, 0.3) is 0 Å². The summed E-state index contributed by atoms with van der Waals surface area (Å²) in [5.41, 5.74) is 1.51. The number of aromatic hydroxyl groups is 1. The first-order valence-corrected chi connectivity index (χ1v) is 6.47. The fraction of sp³-hybridized carbons (Fsp3) is 0.467. The first-order valence-electron chi connectivity index (χ1n) is 6.47. The van der Waals surface area contributed by atoms with Gasteiger partial charge in [0.15, 0.2) is 11.5 Å². The van der Waals surface area contributed by atoms with Gasteiger partial charge in [-0.25, -0.2) is 0 Å². The van der Waals surface area contributed by atoms with E-state index in [2.05, 4.69) is 13.0 Å². The zero-order valence-electron chi connectivity index (χ0n) is 11.5. The number of phenols is 1. The molecule has 1 unspecified atom stereocenters. The maximum absolute atomic E-state index is 13.7. The molecule has 5 heteroatoms. The summed E-state index contributed by atoms with van der Waals surface area (Å²) in [5, 5.41) is 9.17. The Kier molecular flexibility index (Phi) is 4.68. The number of ether oxygens (including phenoxy) is 1. The summed E-state index contributed by atoms with van der Waals surface area (Å²) < 4.78 is 32.3. The fourth-order valence-electron chi connectivity index (χ4n) is 2.21. The molecular weight excluding hydrogens is 497 g/mol. The summed E-state index contributed by atoms with van der Waals surface area (Å²) in [5.74, 6) is -2.51. The van der Waals surface area contributed by atoms with Crippen molar-refractivity contribution in [3.05, 3.63) is 34.9 Å². The molecule has 20 heavy (non-hydrogen) atoms. The molecule has 0 radical (unpaired) electrons. The first kappa shape index (κ1) is 15.5. The van der Waals surface area contributed by atoms with E-state index in [1.54, 1.807) is 6.92 Å². The van der Waals surface area contributed by atoms with Gasteiger partial charge in [-0.15, -0.1) is 0 Å². The molecule has 0 aliphatic heterocycles. The summed E-state index contributed by atoms with van der Waals surface area (Å²) in [4.78, 5) is 0. The van der Waals surface area contributed by atoms with Gasteiger partial charge in [0.05, 0.1) is 0 Å². The van der Waals surface area contributed by atoms with Crippen molar-refractivity contribution >= 4 is 0 Å². The van der Waals surface area contributed by atoms with Crippen LogP contribution in [0.3, 0.4) is 0 Å². The van der Waals surface area contributed by atoms with Crippen molar-refractivity contribution in [2.75, 3.05) is 6.61 Å². The van der Waals surface area contributed by atoms with Crippen molar-refractivity contribution in [1.82, 2.24) is 0 Å². The molecule has 0 spiro atoms. The average Bonchev–Trinajstić information content (AvgIpc) is 2.38. The first-order chi connectivity index (χ1) is 8.99. The Labute approximate surface area is 111 Å². The minimum Gasteiger partial charge on any atom is -0.505 e. The predicted octanol–water partition coefficient (Wildman–Crippen LogP) is 4.10. The van der Waals surface area contributed by atoms with Crippen molar-refractivity contribution in [3.8, 4) is 11.5 Å². The van der Waals surface area contributed by atoms with Crippen LogP contribution >= 0.6 is 0 Å². The minimum atomic E-state index is -1.26. The molecule has 1 aliphatic rings. The topological polar surface area (TPSA) is 29.5 Å². The second-order valence-corrected chi connectivity index (χ2v) is 5.20. The van der Waals surface area contributed by atoms with Gasteiger partial charge in [-0.3, -0.25) is 0 Å². The summed E-state index contributed by atoms with van der Waals surface area (Å²) in [7, 11) is 0. The number of phenolic OH excluding ortho intramolecular Hbond substituents is 1. The van der Waals surface area contributed by atoms with E-state index < -0.39 is 17.4 Å². The molecule has 1 aromatic carbocycles. The third-order valence-corrected chi connectivity index (χ3v) is 3.50. The van der Waals surface area contributed by atoms with E-state index in [1.807, 2.05) is 0 Å². The van der Waals surface area contributed by atoms with Gasteiger partial charge in [-0.05, 0) is 49.3 Å². The Morgan fingerprint density at radius 2 is 2.05 bits per heavy atom. The Bertz CT molecular complexity index is 515. The summed E-state index contributed by atoms with van der Waals surface area (Å²) in [6.07, 6.45) is 5.14. The van der Waals surface area contributed by atoms with Gasteiger partial charge in [0, 0.05) is 0 Å². The molecular formula is C15H18CmF2O2. The van der Waals surface area contributed by atoms with E-state index in [1.165, 1.54) is 6.07 Å². The van der Waals surface area contributed by atoms with Gasteiger partial charge in [0.25, 0.3) is 0 Å². The van der Waals surface area contributed by atoms with E-state index in [0.29, 0.717) is 11.5 Å². The largest absolute Gasteiger partial charge is 0.505 e. The molecule has 0 aromatic heterocycles. The fourth-order valence-corrected chi connectivity index (χ4v) is 2.21. The maximum atomic E-state index is 13.7. The number of halogens is 2. The van der Waals surface area contributed by atoms with Crippen molar-refractivity contribution in [3.63, 3.8) is 0 Å². The van der Waals surface area contributed by atoms with Gasteiger partial charge < -0.3 is 9.84 Å². The Hall–Kier alpha value is -2.58. The summed E-state index contributed by atoms with van der Waals surface area (Å²) >= 11 is 0. The van der Waals surface area contributed by atoms with Crippen molar-refractivity contribution in [2.24, 2.45) is 5.92 Å². The molecule has 0 saturated heterocycles. The van der Waals surface area contributed by atoms with Crippen LogP contribution < -0.4 is 4.74 Å². The molecule has 0 amide bonds. The third kappa shape index (κ3) is 3.05. The predicted molar refractivity (Wildman–Crippen MR) is 69.4 cm³/mol. The van der Waals surface area contributed by atoms with Gasteiger partial charge in [0.1, 0.15) is 6.61 Å². The average molecular weight is 515 g/mol. The van der Waals surface area contributed by atoms with Crippen LogP contribution in [0.5, 0.6) is 11.5 Å². The number of aryl methyl sites for hydroxylation is 1. The number of rotatable bonds is 3. The zero-order valence-corrected chi connectivity index (χ0v) is 14.5. The Balaban J connectivity index is 0.00000200. The third-order valence-electron chi connectivity index (χ3n) is 3.50. The quantitative estimate of drug-likeness (QED) is 0.615. The van der Waals surface area contributed by atoms with Crippen LogP contribution in [-0.4, -0.2) is 11.7 Å². The van der Waals surface area contributed by atoms with Crippen LogP contribution in [0, 0.1) is 24.5 Å². The van der Waals surface area contributed by atoms with Crippen LogP contribution in [0.2, 0.25) is 0 Å². The van der Waals surface area contributed by atoms with E-state index in [0.717, 1.165) is 24.8 Å². The smallest absolute Gasteiger partial charge is 0.204 e. The zero-order chi connectivity index (χ0) is 14.0. The molecule has 1 N–H and O–H groups in total. The van der Waals surface area contributed by atoms with E-state index >= 15 is 0 Å². The maximum Gasteiger partial charge on any atom is 0.204 e. The van der Waals surface area contributed by atoms with Crippen LogP contribution in [0.15, 0.2) is 17.7 Å². The van der Waals surface area contributed by atoms with Crippen molar-refractivity contribution < 1.29 is 18.6 Å². The normalized spacial score (nSPS) is 18.2. The van der Waals surface area contributed by atoms with Crippen LogP contribution in [0.4, 0.5) is 8.78 Å². The summed E-state index contributed by atoms with van der Waals surface area (Å²) in [6.45, 7) is 4.04. The van der Waals surface area contributed by atoms with Crippen molar-refractivity contribution in [1.29, 1.82) is 0 Å². The molecule has 0 bridgehead atoms. The minimum absolute atomic E-state index is 0. The van der Waals surface area contributed by atoms with Crippen LogP contribution in [0.1, 0.15) is 31.7 Å². The molecule has 0 fully saturated rings. The van der Waals surface area contributed by atoms with Gasteiger partial charge >= 0.3 is 0 Å². The molecule has 2 nitrogen and oxygen atoms in total. The van der Waals surface area contributed by atoms with E-state index in [9.17, 15) is 8.78 Å². The molecule has 112 valence electrons. The summed E-state index contributed by atoms with van der Waals surface area (Å²) in [6, 6.07) is 1.17. The second-order valence-electron chi connectivity index (χ2n) is 5.20. The van der Waals surface area contributed by atoms with E-state index in [4.69, 9.17) is 9.84 Å². The van der Waals surface area contributed by atoms with Gasteiger partial charge in [-0.1, -0.05) is 13.0 Å². The van der Waals surface area contributed by atoms with Crippen molar-refractivity contribution in [2.45, 2.75) is 33.1 Å². The molecule has 0 heterocycles. The van der Waals surface area contributed by atoms with Gasteiger partial charge in [0.2, 0.25) is 11.6 Å². The monoisotopic (exact) mass is 511 g/mol. The Morgan fingerprint density at radius 1 is 1.35 bits per heavy atom. The number of benzene rings is 1. The molecule has 0 saturated carbocycles. The number of hydrogen-bond acceptors (Lipinski definition) is 2. The number of hydrogen-bond donors (Lipinski definition) is 1. The Morgan fingerprint density at radius 3 is 2.65 bits per heavy atom. The molecule has 1 aromatic rings. The molecule has 1 aliphatic carbocycles. The standard InChI is InChI=1S/C15H18F2O2.Cm/c1-9-3-5-11(6-4-9)8-19-15-10(2)7-12(18)13(16)14(15)17;/h5,7,9,18H,3-4,6,8H2,1-2H3;. The van der Waals surface area contributed by atoms with E-state index in [-0.39, 0.29) is 12.4 Å². The molecule has 1 atom stereocenters.